The fourth-order valence-corrected chi connectivity index (χ4v) is 1.95. The number of hydrogen-bond donors (Lipinski definition) is 0. The number of nitrogens with zero attached hydrogens (tertiary/aromatic N) is 2. The van der Waals surface area contributed by atoms with Crippen molar-refractivity contribution in [1.29, 1.82) is 0 Å². The highest BCUT2D eigenvalue weighted by Crippen LogP contribution is 2.36. The van der Waals surface area contributed by atoms with Crippen molar-refractivity contribution in [2.75, 3.05) is 0 Å². The van der Waals surface area contributed by atoms with Crippen LogP contribution in [-0.2, 0) is 15.9 Å². The van der Waals surface area contributed by atoms with Crippen molar-refractivity contribution in [2.45, 2.75) is 59.3 Å². The molecule has 0 spiro atoms. The SMILES string of the molecule is CC(C)Cn1cc(B2OC(C)(C)C(C)(C)O2)cn1. The molecule has 1 aromatic heterocycles. The summed E-state index contributed by atoms with van der Waals surface area (Å²) in [5.74, 6) is 0.580. The van der Waals surface area contributed by atoms with Gasteiger partial charge in [-0.15, -0.1) is 0 Å². The van der Waals surface area contributed by atoms with Gasteiger partial charge >= 0.3 is 7.12 Å². The molecule has 2 rings (SSSR count). The first-order chi connectivity index (χ1) is 8.21. The summed E-state index contributed by atoms with van der Waals surface area (Å²) < 4.78 is 13.9. The largest absolute Gasteiger partial charge is 0.498 e. The minimum atomic E-state index is -0.309. The number of hydrogen-bond acceptors (Lipinski definition) is 3. The lowest BCUT2D eigenvalue weighted by molar-refractivity contribution is 0.00578. The van der Waals surface area contributed by atoms with E-state index in [9.17, 15) is 0 Å². The van der Waals surface area contributed by atoms with Gasteiger partial charge in [0.15, 0.2) is 0 Å². The van der Waals surface area contributed by atoms with Crippen LogP contribution in [0.2, 0.25) is 0 Å². The third kappa shape index (κ3) is 2.47. The Morgan fingerprint density at radius 3 is 2.28 bits per heavy atom. The van der Waals surface area contributed by atoms with Crippen molar-refractivity contribution in [2.24, 2.45) is 5.92 Å². The van der Waals surface area contributed by atoms with Gasteiger partial charge in [0.2, 0.25) is 0 Å². The van der Waals surface area contributed by atoms with Gasteiger partial charge in [0.05, 0.1) is 11.2 Å². The molecule has 0 aliphatic carbocycles. The zero-order chi connectivity index (χ0) is 13.6. The van der Waals surface area contributed by atoms with Crippen LogP contribution < -0.4 is 5.46 Å². The summed E-state index contributed by atoms with van der Waals surface area (Å²) in [6, 6.07) is 0. The summed E-state index contributed by atoms with van der Waals surface area (Å²) in [5.41, 5.74) is 0.407. The minimum Gasteiger partial charge on any atom is -0.399 e. The Hall–Kier alpha value is -0.805. The first kappa shape index (κ1) is 13.6. The highest BCUT2D eigenvalue weighted by molar-refractivity contribution is 6.61. The molecule has 0 amide bonds. The van der Waals surface area contributed by atoms with Crippen molar-refractivity contribution in [1.82, 2.24) is 9.78 Å². The fraction of sp³-hybridized carbons (Fsp3) is 0.769. The molecular weight excluding hydrogens is 227 g/mol. The van der Waals surface area contributed by atoms with E-state index in [1.807, 2.05) is 17.1 Å². The van der Waals surface area contributed by atoms with Crippen LogP contribution in [0.4, 0.5) is 0 Å². The Bertz CT molecular complexity index is 410. The Labute approximate surface area is 110 Å². The van der Waals surface area contributed by atoms with E-state index < -0.39 is 0 Å². The van der Waals surface area contributed by atoms with E-state index in [-0.39, 0.29) is 18.3 Å². The van der Waals surface area contributed by atoms with E-state index in [0.29, 0.717) is 5.92 Å². The second kappa shape index (κ2) is 4.39. The van der Waals surface area contributed by atoms with Crippen LogP contribution >= 0.6 is 0 Å². The van der Waals surface area contributed by atoms with Crippen LogP contribution in [0.15, 0.2) is 12.4 Å². The minimum absolute atomic E-state index is 0.294. The van der Waals surface area contributed by atoms with Crippen LogP contribution in [0.1, 0.15) is 41.5 Å². The Balaban J connectivity index is 2.12. The smallest absolute Gasteiger partial charge is 0.399 e. The quantitative estimate of drug-likeness (QED) is 0.768. The van der Waals surface area contributed by atoms with Gasteiger partial charge in [-0.2, -0.15) is 5.10 Å². The van der Waals surface area contributed by atoms with E-state index in [0.717, 1.165) is 12.0 Å². The van der Waals surface area contributed by atoms with Crippen molar-refractivity contribution < 1.29 is 9.31 Å². The molecule has 0 N–H and O–H groups in total. The Morgan fingerprint density at radius 2 is 1.78 bits per heavy atom. The normalized spacial score (nSPS) is 21.8. The maximum Gasteiger partial charge on any atom is 0.498 e. The highest BCUT2D eigenvalue weighted by Gasteiger charge is 2.52. The van der Waals surface area contributed by atoms with Crippen molar-refractivity contribution >= 4 is 12.6 Å². The third-order valence-corrected chi connectivity index (χ3v) is 3.73. The first-order valence-electron chi connectivity index (χ1n) is 6.59. The molecule has 1 aliphatic heterocycles. The highest BCUT2D eigenvalue weighted by atomic mass is 16.7. The second-order valence-corrected chi connectivity index (χ2v) is 6.48. The second-order valence-electron chi connectivity index (χ2n) is 6.48. The van der Waals surface area contributed by atoms with Gasteiger partial charge < -0.3 is 9.31 Å². The van der Waals surface area contributed by atoms with Gasteiger partial charge in [-0.1, -0.05) is 13.8 Å². The summed E-state index contributed by atoms with van der Waals surface area (Å²) in [6.07, 6.45) is 3.85. The predicted molar refractivity (Wildman–Crippen MR) is 72.8 cm³/mol. The van der Waals surface area contributed by atoms with E-state index in [4.69, 9.17) is 9.31 Å². The lowest BCUT2D eigenvalue weighted by Crippen LogP contribution is -2.41. The summed E-state index contributed by atoms with van der Waals surface area (Å²) in [4.78, 5) is 0. The van der Waals surface area contributed by atoms with Gasteiger partial charge in [0.1, 0.15) is 0 Å². The van der Waals surface area contributed by atoms with Crippen LogP contribution in [0.25, 0.3) is 0 Å². The van der Waals surface area contributed by atoms with E-state index >= 15 is 0 Å². The van der Waals surface area contributed by atoms with Gasteiger partial charge in [-0.3, -0.25) is 4.68 Å². The molecule has 0 saturated carbocycles. The molecule has 1 aliphatic rings. The van der Waals surface area contributed by atoms with Gasteiger partial charge in [0.25, 0.3) is 0 Å². The predicted octanol–water partition coefficient (Wildman–Crippen LogP) is 1.84. The van der Waals surface area contributed by atoms with Crippen molar-refractivity contribution in [3.63, 3.8) is 0 Å². The van der Waals surface area contributed by atoms with Crippen LogP contribution in [-0.4, -0.2) is 28.1 Å². The number of rotatable bonds is 3. The summed E-state index contributed by atoms with van der Waals surface area (Å²) >= 11 is 0. The van der Waals surface area contributed by atoms with Crippen LogP contribution in [0.5, 0.6) is 0 Å². The van der Waals surface area contributed by atoms with Crippen LogP contribution in [0, 0.1) is 5.92 Å². The van der Waals surface area contributed by atoms with Crippen molar-refractivity contribution in [3.8, 4) is 0 Å². The molecule has 0 bridgehead atoms. The molecule has 18 heavy (non-hydrogen) atoms. The zero-order valence-electron chi connectivity index (χ0n) is 12.2. The molecule has 0 radical (unpaired) electrons. The van der Waals surface area contributed by atoms with Crippen molar-refractivity contribution in [3.05, 3.63) is 12.4 Å². The molecule has 4 nitrogen and oxygen atoms in total. The van der Waals surface area contributed by atoms with Gasteiger partial charge in [-0.05, 0) is 33.6 Å². The standard InChI is InChI=1S/C13H23BN2O2/c1-10(2)8-16-9-11(7-15-16)14-17-12(3,4)13(5,6)18-14/h7,9-10H,8H2,1-6H3. The summed E-state index contributed by atoms with van der Waals surface area (Å²) in [6.45, 7) is 13.5. The monoisotopic (exact) mass is 250 g/mol. The zero-order valence-corrected chi connectivity index (χ0v) is 12.2. The maximum atomic E-state index is 5.99. The van der Waals surface area contributed by atoms with Crippen LogP contribution in [0.3, 0.4) is 0 Å². The summed E-state index contributed by atoms with van der Waals surface area (Å²) in [7, 11) is -0.309. The Morgan fingerprint density at radius 1 is 1.22 bits per heavy atom. The summed E-state index contributed by atoms with van der Waals surface area (Å²) in [5, 5.41) is 4.35. The molecule has 100 valence electrons. The van der Waals surface area contributed by atoms with Gasteiger partial charge in [0, 0.05) is 24.4 Å². The van der Waals surface area contributed by atoms with E-state index in [1.54, 1.807) is 0 Å². The Kier molecular flexibility index (Phi) is 3.32. The fourth-order valence-electron chi connectivity index (χ4n) is 1.95. The molecule has 0 aromatic carbocycles. The first-order valence-corrected chi connectivity index (χ1v) is 6.59. The molecule has 5 heteroatoms. The lowest BCUT2D eigenvalue weighted by atomic mass is 9.82. The molecule has 0 unspecified atom stereocenters. The molecule has 1 fully saturated rings. The van der Waals surface area contributed by atoms with Gasteiger partial charge in [-0.25, -0.2) is 0 Å². The molecule has 2 heterocycles. The third-order valence-electron chi connectivity index (χ3n) is 3.73. The average Bonchev–Trinajstić information content (AvgIpc) is 2.70. The lowest BCUT2D eigenvalue weighted by Gasteiger charge is -2.32. The average molecular weight is 250 g/mol. The maximum absolute atomic E-state index is 5.99. The molecule has 1 aromatic rings. The van der Waals surface area contributed by atoms with E-state index in [2.05, 4.69) is 46.6 Å². The molecular formula is C13H23BN2O2. The number of aromatic nitrogens is 2. The van der Waals surface area contributed by atoms with E-state index in [1.165, 1.54) is 0 Å². The molecule has 1 saturated heterocycles. The molecule has 0 atom stereocenters. The topological polar surface area (TPSA) is 36.3 Å².